The smallest absolute Gasteiger partial charge is 0.176 e. The van der Waals surface area contributed by atoms with E-state index >= 15 is 0 Å². The summed E-state index contributed by atoms with van der Waals surface area (Å²) < 4.78 is 0. The van der Waals surface area contributed by atoms with Gasteiger partial charge in [-0.25, -0.2) is 5.06 Å². The van der Waals surface area contributed by atoms with Gasteiger partial charge in [-0.05, 0) is 25.7 Å². The first kappa shape index (κ1) is 9.57. The van der Waals surface area contributed by atoms with E-state index in [1.807, 2.05) is 0 Å². The number of hydrogen-bond acceptors (Lipinski definition) is 6. The molecule has 1 aliphatic heterocycles. The molecule has 4 N–H and O–H groups in total. The van der Waals surface area contributed by atoms with Gasteiger partial charge in [-0.15, -0.1) is 4.94 Å². The second kappa shape index (κ2) is 3.64. The minimum atomic E-state index is -0.194. The minimum Gasteiger partial charge on any atom is -0.393 e. The highest BCUT2D eigenvalue weighted by Crippen LogP contribution is 2.26. The lowest BCUT2D eigenvalue weighted by molar-refractivity contribution is -0.396. The molecule has 0 bridgehead atoms. The van der Waals surface area contributed by atoms with E-state index < -0.39 is 0 Å². The zero-order chi connectivity index (χ0) is 10.1. The van der Waals surface area contributed by atoms with Gasteiger partial charge in [0.2, 0.25) is 0 Å². The van der Waals surface area contributed by atoms with Crippen LogP contribution in [-0.4, -0.2) is 32.7 Å². The largest absolute Gasteiger partial charge is 0.393 e. The van der Waals surface area contributed by atoms with Crippen LogP contribution in [0.4, 0.5) is 0 Å². The van der Waals surface area contributed by atoms with E-state index in [0.29, 0.717) is 5.23 Å². The van der Waals surface area contributed by atoms with Crippen LogP contribution in [0.2, 0.25) is 0 Å². The molecular weight excluding hydrogens is 186 g/mol. The molecule has 0 amide bonds. The number of hydrogen-bond donors (Lipinski definition) is 3. The van der Waals surface area contributed by atoms with Crippen molar-refractivity contribution in [3.8, 4) is 0 Å². The fraction of sp³-hybridized carbons (Fsp3) is 0.750. The van der Waals surface area contributed by atoms with Crippen molar-refractivity contribution in [3.05, 3.63) is 12.0 Å². The Morgan fingerprint density at radius 1 is 1.36 bits per heavy atom. The van der Waals surface area contributed by atoms with Gasteiger partial charge < -0.3 is 10.8 Å². The third-order valence-electron chi connectivity index (χ3n) is 2.68. The number of hydroxylamine groups is 4. The first-order valence-corrected chi connectivity index (χ1v) is 4.77. The van der Waals surface area contributed by atoms with Crippen LogP contribution in [0, 0.1) is 0 Å². The molecule has 6 heteroatoms. The molecule has 0 radical (unpaired) electrons. The minimum absolute atomic E-state index is 0.177. The molecule has 14 heavy (non-hydrogen) atoms. The Labute approximate surface area is 82.0 Å². The molecule has 1 heterocycles. The molecule has 80 valence electrons. The summed E-state index contributed by atoms with van der Waals surface area (Å²) in [6.07, 6.45) is 4.59. The highest BCUT2D eigenvalue weighted by atomic mass is 17.0. The van der Waals surface area contributed by atoms with Crippen molar-refractivity contribution >= 4 is 0 Å². The standard InChI is InChI=1S/C8H15N3O3/c9-8-5-10(14-11(8)13)6-1-3-7(12)4-2-6/h5-7,12-13H,1-4,9H2. The fourth-order valence-electron chi connectivity index (χ4n) is 1.82. The maximum absolute atomic E-state index is 9.31. The number of aliphatic hydroxyl groups is 1. The second-order valence-electron chi connectivity index (χ2n) is 3.73. The normalized spacial score (nSPS) is 33.4. The Bertz CT molecular complexity index is 238. The van der Waals surface area contributed by atoms with Gasteiger partial charge in [0.1, 0.15) is 0 Å². The Hall–Kier alpha value is -0.980. The van der Waals surface area contributed by atoms with Crippen LogP contribution >= 0.6 is 0 Å². The first-order valence-electron chi connectivity index (χ1n) is 4.77. The third-order valence-corrected chi connectivity index (χ3v) is 2.68. The maximum Gasteiger partial charge on any atom is 0.176 e. The van der Waals surface area contributed by atoms with Gasteiger partial charge in [-0.3, -0.25) is 5.21 Å². The maximum atomic E-state index is 9.31. The molecule has 1 fully saturated rings. The van der Waals surface area contributed by atoms with E-state index in [-0.39, 0.29) is 18.0 Å². The Balaban J connectivity index is 1.91. The Kier molecular flexibility index (Phi) is 2.49. The quantitative estimate of drug-likeness (QED) is 0.549. The van der Waals surface area contributed by atoms with Gasteiger partial charge in [0, 0.05) is 0 Å². The summed E-state index contributed by atoms with van der Waals surface area (Å²) in [6, 6.07) is 0.189. The van der Waals surface area contributed by atoms with Crippen molar-refractivity contribution in [2.75, 3.05) is 0 Å². The van der Waals surface area contributed by atoms with Gasteiger partial charge in [-0.2, -0.15) is 0 Å². The van der Waals surface area contributed by atoms with Gasteiger partial charge in [0.05, 0.1) is 18.3 Å². The summed E-state index contributed by atoms with van der Waals surface area (Å²) in [7, 11) is 0. The number of rotatable bonds is 1. The number of nitrogens with two attached hydrogens (primary N) is 1. The summed E-state index contributed by atoms with van der Waals surface area (Å²) in [5.41, 5.74) is 5.42. The predicted octanol–water partition coefficient (Wildman–Crippen LogP) is -0.0991. The molecule has 1 aliphatic carbocycles. The van der Waals surface area contributed by atoms with E-state index in [2.05, 4.69) is 0 Å². The molecule has 0 spiro atoms. The monoisotopic (exact) mass is 201 g/mol. The van der Waals surface area contributed by atoms with Gasteiger partial charge >= 0.3 is 0 Å². The van der Waals surface area contributed by atoms with E-state index in [4.69, 9.17) is 15.9 Å². The van der Waals surface area contributed by atoms with Crippen LogP contribution in [0.1, 0.15) is 25.7 Å². The van der Waals surface area contributed by atoms with Crippen molar-refractivity contribution in [2.24, 2.45) is 5.73 Å². The summed E-state index contributed by atoms with van der Waals surface area (Å²) in [6.45, 7) is 0. The van der Waals surface area contributed by atoms with Crippen molar-refractivity contribution in [3.63, 3.8) is 0 Å². The van der Waals surface area contributed by atoms with Crippen LogP contribution in [-0.2, 0) is 4.94 Å². The zero-order valence-electron chi connectivity index (χ0n) is 7.83. The van der Waals surface area contributed by atoms with Crippen molar-refractivity contribution in [1.82, 2.24) is 10.3 Å². The van der Waals surface area contributed by atoms with Crippen LogP contribution in [0.25, 0.3) is 0 Å². The van der Waals surface area contributed by atoms with E-state index in [9.17, 15) is 5.11 Å². The van der Waals surface area contributed by atoms with Crippen LogP contribution in [0.15, 0.2) is 12.0 Å². The van der Waals surface area contributed by atoms with Crippen LogP contribution < -0.4 is 5.73 Å². The zero-order valence-corrected chi connectivity index (χ0v) is 7.83. The molecule has 6 nitrogen and oxygen atoms in total. The summed E-state index contributed by atoms with van der Waals surface area (Å²) >= 11 is 0. The van der Waals surface area contributed by atoms with E-state index in [0.717, 1.165) is 25.7 Å². The SMILES string of the molecule is NC1=CN(C2CCC(O)CC2)ON1O. The lowest BCUT2D eigenvalue weighted by atomic mass is 9.93. The highest BCUT2D eigenvalue weighted by Gasteiger charge is 2.29. The molecule has 0 atom stereocenters. The predicted molar refractivity (Wildman–Crippen MR) is 47.1 cm³/mol. The molecule has 0 aromatic carbocycles. The molecule has 2 rings (SSSR count). The average molecular weight is 201 g/mol. The lowest BCUT2D eigenvalue weighted by Crippen LogP contribution is -2.35. The van der Waals surface area contributed by atoms with Crippen molar-refractivity contribution < 1.29 is 15.3 Å². The molecule has 1 saturated carbocycles. The van der Waals surface area contributed by atoms with Gasteiger partial charge in [0.25, 0.3) is 0 Å². The number of aliphatic hydroxyl groups excluding tert-OH is 1. The second-order valence-corrected chi connectivity index (χ2v) is 3.73. The molecule has 0 unspecified atom stereocenters. The summed E-state index contributed by atoms with van der Waals surface area (Å²) in [5, 5.41) is 20.5. The third kappa shape index (κ3) is 1.77. The molecule has 0 saturated heterocycles. The average Bonchev–Trinajstić information content (AvgIpc) is 2.48. The van der Waals surface area contributed by atoms with Crippen molar-refractivity contribution in [1.29, 1.82) is 0 Å². The van der Waals surface area contributed by atoms with Crippen LogP contribution in [0.5, 0.6) is 0 Å². The molecular formula is C8H15N3O3. The Morgan fingerprint density at radius 2 is 2.00 bits per heavy atom. The highest BCUT2D eigenvalue weighted by molar-refractivity contribution is 4.94. The molecule has 0 aromatic rings. The van der Waals surface area contributed by atoms with Crippen molar-refractivity contribution in [2.45, 2.75) is 37.8 Å². The molecule has 2 aliphatic rings. The van der Waals surface area contributed by atoms with Gasteiger partial charge in [0.15, 0.2) is 5.82 Å². The first-order chi connectivity index (χ1) is 6.66. The molecule has 0 aromatic heterocycles. The summed E-state index contributed by atoms with van der Waals surface area (Å²) in [4.78, 5) is 4.97. The van der Waals surface area contributed by atoms with E-state index in [1.165, 1.54) is 0 Å². The summed E-state index contributed by atoms with van der Waals surface area (Å²) in [5.74, 6) is 0.177. The number of nitrogens with zero attached hydrogens (tertiary/aromatic N) is 2. The van der Waals surface area contributed by atoms with E-state index in [1.54, 1.807) is 11.3 Å². The topological polar surface area (TPSA) is 82.2 Å². The Morgan fingerprint density at radius 3 is 2.50 bits per heavy atom. The van der Waals surface area contributed by atoms with Crippen LogP contribution in [0.3, 0.4) is 0 Å². The van der Waals surface area contributed by atoms with Gasteiger partial charge in [-0.1, -0.05) is 5.23 Å². The fourth-order valence-corrected chi connectivity index (χ4v) is 1.82. The lowest BCUT2D eigenvalue weighted by Gasteiger charge is -2.30.